The second-order valence-electron chi connectivity index (χ2n) is 8.24. The standard InChI is InChI=1S/C24H19ClFN5O2S/c1-24(2,25)15-7-13-18(14-8-15)34(32,33)23-22-28-21(27-17-11-9-16(26)10-12-17)19-5-3-4-6-20(19)31(22)30-29-23/h3-14H,1-2H3,(H,27,28). The van der Waals surface area contributed by atoms with Crippen LogP contribution in [-0.2, 0) is 14.7 Å². The van der Waals surface area contributed by atoms with Gasteiger partial charge in [0.05, 0.1) is 15.3 Å². The summed E-state index contributed by atoms with van der Waals surface area (Å²) in [5.41, 5.74) is 2.07. The van der Waals surface area contributed by atoms with Gasteiger partial charge >= 0.3 is 0 Å². The molecule has 2 aromatic heterocycles. The Kier molecular flexibility index (Phi) is 5.26. The van der Waals surface area contributed by atoms with Crippen LogP contribution in [0.5, 0.6) is 0 Å². The van der Waals surface area contributed by atoms with E-state index in [1.165, 1.54) is 28.8 Å². The summed E-state index contributed by atoms with van der Waals surface area (Å²) >= 11 is 6.34. The second-order valence-corrected chi connectivity index (χ2v) is 11.0. The number of hydrogen-bond acceptors (Lipinski definition) is 6. The van der Waals surface area contributed by atoms with Crippen molar-refractivity contribution in [3.63, 3.8) is 0 Å². The number of benzene rings is 3. The molecule has 0 saturated heterocycles. The molecule has 172 valence electrons. The van der Waals surface area contributed by atoms with Gasteiger partial charge in [-0.3, -0.25) is 0 Å². The van der Waals surface area contributed by atoms with E-state index < -0.39 is 14.7 Å². The fraction of sp³-hybridized carbons (Fsp3) is 0.125. The first-order valence-corrected chi connectivity index (χ1v) is 12.2. The number of nitrogens with one attached hydrogen (secondary N) is 1. The molecule has 0 saturated carbocycles. The highest BCUT2D eigenvalue weighted by Crippen LogP contribution is 2.32. The lowest BCUT2D eigenvalue weighted by molar-refractivity contribution is 0.592. The molecule has 0 aliphatic carbocycles. The molecule has 0 aliphatic heterocycles. The van der Waals surface area contributed by atoms with E-state index >= 15 is 0 Å². The van der Waals surface area contributed by atoms with Gasteiger partial charge in [-0.25, -0.2) is 17.8 Å². The Morgan fingerprint density at radius 2 is 1.65 bits per heavy atom. The molecule has 0 unspecified atom stereocenters. The van der Waals surface area contributed by atoms with Gasteiger partial charge in [-0.1, -0.05) is 29.5 Å². The first-order valence-electron chi connectivity index (χ1n) is 10.4. The van der Waals surface area contributed by atoms with Gasteiger partial charge in [-0.15, -0.1) is 16.7 Å². The van der Waals surface area contributed by atoms with Crippen LogP contribution < -0.4 is 5.32 Å². The Labute approximate surface area is 200 Å². The second kappa shape index (κ2) is 8.03. The quantitative estimate of drug-likeness (QED) is 0.325. The number of fused-ring (bicyclic) bond motifs is 3. The molecule has 5 rings (SSSR count). The zero-order valence-electron chi connectivity index (χ0n) is 18.2. The van der Waals surface area contributed by atoms with Crippen LogP contribution in [0.1, 0.15) is 19.4 Å². The summed E-state index contributed by atoms with van der Waals surface area (Å²) in [6.07, 6.45) is 0. The van der Waals surface area contributed by atoms with Crippen LogP contribution in [0.25, 0.3) is 16.6 Å². The highest BCUT2D eigenvalue weighted by Gasteiger charge is 2.28. The number of sulfone groups is 1. The van der Waals surface area contributed by atoms with Gasteiger partial charge in [-0.2, -0.15) is 4.52 Å². The number of para-hydroxylation sites is 1. The van der Waals surface area contributed by atoms with Crippen molar-refractivity contribution >= 4 is 49.5 Å². The maximum absolute atomic E-state index is 13.5. The van der Waals surface area contributed by atoms with E-state index in [-0.39, 0.29) is 21.4 Å². The van der Waals surface area contributed by atoms with Crippen molar-refractivity contribution in [1.82, 2.24) is 19.8 Å². The molecule has 0 aliphatic rings. The SMILES string of the molecule is CC(C)(Cl)c1ccc(S(=O)(=O)c2nnn3c2nc(Nc2ccc(F)cc2)c2ccccc23)cc1. The molecule has 2 heterocycles. The van der Waals surface area contributed by atoms with Crippen LogP contribution in [0.15, 0.2) is 82.7 Å². The highest BCUT2D eigenvalue weighted by molar-refractivity contribution is 7.91. The molecule has 0 bridgehead atoms. The van der Waals surface area contributed by atoms with Crippen LogP contribution in [0, 0.1) is 5.82 Å². The number of hydrogen-bond donors (Lipinski definition) is 1. The summed E-state index contributed by atoms with van der Waals surface area (Å²) in [5.74, 6) is 0.0310. The fourth-order valence-electron chi connectivity index (χ4n) is 3.63. The van der Waals surface area contributed by atoms with Crippen LogP contribution in [0.4, 0.5) is 15.9 Å². The van der Waals surface area contributed by atoms with Gasteiger partial charge < -0.3 is 5.32 Å². The van der Waals surface area contributed by atoms with Crippen molar-refractivity contribution in [2.45, 2.75) is 28.6 Å². The lowest BCUT2D eigenvalue weighted by Crippen LogP contribution is -2.09. The fourth-order valence-corrected chi connectivity index (χ4v) is 4.99. The third-order valence-electron chi connectivity index (χ3n) is 5.43. The molecule has 34 heavy (non-hydrogen) atoms. The van der Waals surface area contributed by atoms with Crippen molar-refractivity contribution in [1.29, 1.82) is 0 Å². The number of halogens is 2. The first kappa shape index (κ1) is 22.2. The number of aromatic nitrogens is 4. The summed E-state index contributed by atoms with van der Waals surface area (Å²) in [4.78, 5) is 3.99. The van der Waals surface area contributed by atoms with Crippen molar-refractivity contribution < 1.29 is 12.8 Å². The molecule has 7 nitrogen and oxygen atoms in total. The normalized spacial score (nSPS) is 12.4. The average Bonchev–Trinajstić information content (AvgIpc) is 3.25. The molecule has 5 aromatic rings. The van der Waals surface area contributed by atoms with Crippen molar-refractivity contribution in [3.8, 4) is 0 Å². The summed E-state index contributed by atoms with van der Waals surface area (Å²) in [6.45, 7) is 3.66. The van der Waals surface area contributed by atoms with Gasteiger partial charge in [0.15, 0.2) is 5.65 Å². The molecule has 0 atom stereocenters. The van der Waals surface area contributed by atoms with Crippen LogP contribution >= 0.6 is 11.6 Å². The maximum atomic E-state index is 13.5. The van der Waals surface area contributed by atoms with Crippen LogP contribution in [-0.4, -0.2) is 28.2 Å². The Hall–Kier alpha value is -3.56. The Morgan fingerprint density at radius 1 is 0.971 bits per heavy atom. The van der Waals surface area contributed by atoms with Crippen molar-refractivity contribution in [3.05, 3.63) is 84.2 Å². The molecule has 10 heteroatoms. The number of rotatable bonds is 5. The average molecular weight is 496 g/mol. The van der Waals surface area contributed by atoms with Crippen molar-refractivity contribution in [2.75, 3.05) is 5.32 Å². The zero-order chi connectivity index (χ0) is 24.1. The Balaban J connectivity index is 1.67. The minimum Gasteiger partial charge on any atom is -0.340 e. The van der Waals surface area contributed by atoms with E-state index in [2.05, 4.69) is 20.6 Å². The predicted molar refractivity (Wildman–Crippen MR) is 129 cm³/mol. The van der Waals surface area contributed by atoms with Gasteiger partial charge in [0, 0.05) is 11.1 Å². The van der Waals surface area contributed by atoms with E-state index in [4.69, 9.17) is 11.6 Å². The molecule has 0 fully saturated rings. The highest BCUT2D eigenvalue weighted by atomic mass is 35.5. The maximum Gasteiger partial charge on any atom is 0.229 e. The van der Waals surface area contributed by atoms with Gasteiger partial charge in [0.2, 0.25) is 14.9 Å². The van der Waals surface area contributed by atoms with Crippen LogP contribution in [0.2, 0.25) is 0 Å². The Bertz CT molecular complexity index is 1630. The van der Waals surface area contributed by atoms with E-state index in [0.29, 0.717) is 22.4 Å². The third-order valence-corrected chi connectivity index (χ3v) is 7.32. The van der Waals surface area contributed by atoms with Gasteiger partial charge in [-0.05, 0) is 67.9 Å². The molecule has 3 aromatic carbocycles. The number of alkyl halides is 1. The summed E-state index contributed by atoms with van der Waals surface area (Å²) in [7, 11) is -4.03. The summed E-state index contributed by atoms with van der Waals surface area (Å²) in [6, 6.07) is 19.4. The topological polar surface area (TPSA) is 89.2 Å². The number of anilines is 2. The predicted octanol–water partition coefficient (Wildman–Crippen LogP) is 5.47. The first-order chi connectivity index (χ1) is 16.1. The van der Waals surface area contributed by atoms with Gasteiger partial charge in [0.25, 0.3) is 0 Å². The lowest BCUT2D eigenvalue weighted by Gasteiger charge is -2.16. The Morgan fingerprint density at radius 3 is 2.32 bits per heavy atom. The largest absolute Gasteiger partial charge is 0.340 e. The van der Waals surface area contributed by atoms with Gasteiger partial charge in [0.1, 0.15) is 11.6 Å². The van der Waals surface area contributed by atoms with E-state index in [0.717, 1.165) is 5.56 Å². The lowest BCUT2D eigenvalue weighted by atomic mass is 10.0. The van der Waals surface area contributed by atoms with E-state index in [1.807, 2.05) is 32.0 Å². The molecule has 0 radical (unpaired) electrons. The molecule has 1 N–H and O–H groups in total. The smallest absolute Gasteiger partial charge is 0.229 e. The third kappa shape index (κ3) is 3.86. The van der Waals surface area contributed by atoms with Crippen molar-refractivity contribution in [2.24, 2.45) is 0 Å². The number of nitrogens with zero attached hydrogens (tertiary/aromatic N) is 4. The van der Waals surface area contributed by atoms with Crippen LogP contribution in [0.3, 0.4) is 0 Å². The van der Waals surface area contributed by atoms with E-state index in [9.17, 15) is 12.8 Å². The molecule has 0 spiro atoms. The minimum absolute atomic E-state index is 0.0579. The zero-order valence-corrected chi connectivity index (χ0v) is 19.8. The molecular weight excluding hydrogens is 477 g/mol. The molecule has 0 amide bonds. The summed E-state index contributed by atoms with van der Waals surface area (Å²) < 4.78 is 41.7. The summed E-state index contributed by atoms with van der Waals surface area (Å²) in [5, 5.41) is 11.6. The minimum atomic E-state index is -4.03. The van der Waals surface area contributed by atoms with E-state index in [1.54, 1.807) is 30.3 Å². The molecular formula is C24H19ClFN5O2S. The monoisotopic (exact) mass is 495 g/mol.